The summed E-state index contributed by atoms with van der Waals surface area (Å²) in [7, 11) is 1.47. The first-order valence-electron chi connectivity index (χ1n) is 6.29. The van der Waals surface area contributed by atoms with Crippen LogP contribution in [0.2, 0.25) is 5.02 Å². The van der Waals surface area contributed by atoms with E-state index in [-0.39, 0.29) is 6.42 Å². The molecule has 0 amide bonds. The number of hydrazine groups is 1. The van der Waals surface area contributed by atoms with Crippen molar-refractivity contribution >= 4 is 11.6 Å². The first-order chi connectivity index (χ1) is 10.1. The molecule has 0 aliphatic heterocycles. The van der Waals surface area contributed by atoms with E-state index in [4.69, 9.17) is 22.2 Å². The van der Waals surface area contributed by atoms with E-state index in [2.05, 4.69) is 5.43 Å². The minimum atomic E-state index is -0.537. The van der Waals surface area contributed by atoms with E-state index in [0.29, 0.717) is 21.9 Å². The van der Waals surface area contributed by atoms with Crippen LogP contribution >= 0.6 is 11.6 Å². The molecule has 0 fully saturated rings. The maximum atomic E-state index is 13.9. The van der Waals surface area contributed by atoms with Gasteiger partial charge < -0.3 is 4.74 Å². The van der Waals surface area contributed by atoms with Gasteiger partial charge in [-0.2, -0.15) is 0 Å². The second-order valence-corrected chi connectivity index (χ2v) is 4.92. The molecule has 0 spiro atoms. The van der Waals surface area contributed by atoms with Crippen molar-refractivity contribution in [2.24, 2.45) is 5.84 Å². The summed E-state index contributed by atoms with van der Waals surface area (Å²) in [6, 6.07) is 7.98. The van der Waals surface area contributed by atoms with Crippen LogP contribution in [0.5, 0.6) is 5.75 Å². The van der Waals surface area contributed by atoms with Crippen molar-refractivity contribution in [3.05, 3.63) is 64.2 Å². The normalized spacial score (nSPS) is 12.2. The quantitative estimate of drug-likeness (QED) is 0.657. The Morgan fingerprint density at radius 3 is 2.67 bits per heavy atom. The van der Waals surface area contributed by atoms with Crippen LogP contribution in [0.15, 0.2) is 36.4 Å². The molecule has 0 aliphatic carbocycles. The highest BCUT2D eigenvalue weighted by Gasteiger charge is 2.19. The van der Waals surface area contributed by atoms with Crippen LogP contribution in [0.4, 0.5) is 8.78 Å². The molecule has 1 unspecified atom stereocenters. The Bertz CT molecular complexity index is 617. The minimum absolute atomic E-state index is 0.168. The van der Waals surface area contributed by atoms with Crippen LogP contribution in [0.25, 0.3) is 0 Å². The topological polar surface area (TPSA) is 47.3 Å². The summed E-state index contributed by atoms with van der Waals surface area (Å²) in [4.78, 5) is 0. The van der Waals surface area contributed by atoms with Crippen molar-refractivity contribution < 1.29 is 13.5 Å². The number of ether oxygens (including phenoxy) is 1. The summed E-state index contributed by atoms with van der Waals surface area (Å²) in [6.07, 6.45) is 0.168. The van der Waals surface area contributed by atoms with E-state index in [9.17, 15) is 8.78 Å². The predicted molar refractivity (Wildman–Crippen MR) is 78.1 cm³/mol. The fourth-order valence-electron chi connectivity index (χ4n) is 2.17. The van der Waals surface area contributed by atoms with Gasteiger partial charge in [-0.1, -0.05) is 17.7 Å². The number of rotatable bonds is 5. The van der Waals surface area contributed by atoms with E-state index in [1.54, 1.807) is 6.07 Å². The van der Waals surface area contributed by atoms with Crippen LogP contribution in [-0.2, 0) is 6.42 Å². The number of hydrogen-bond acceptors (Lipinski definition) is 3. The predicted octanol–water partition coefficient (Wildman–Crippen LogP) is 3.37. The van der Waals surface area contributed by atoms with Crippen LogP contribution < -0.4 is 16.0 Å². The van der Waals surface area contributed by atoms with E-state index < -0.39 is 17.7 Å². The van der Waals surface area contributed by atoms with Gasteiger partial charge in [-0.25, -0.2) is 8.78 Å². The lowest BCUT2D eigenvalue weighted by molar-refractivity contribution is 0.396. The maximum absolute atomic E-state index is 13.9. The standard InChI is InChI=1S/C15H15ClF2N2O/c1-21-15-6-5-9(17)7-11(15)14(20-19)8-10-12(16)3-2-4-13(10)18/h2-7,14,20H,8,19H2,1H3. The lowest BCUT2D eigenvalue weighted by atomic mass is 9.98. The third kappa shape index (κ3) is 3.50. The van der Waals surface area contributed by atoms with Gasteiger partial charge in [0.25, 0.3) is 0 Å². The van der Waals surface area contributed by atoms with E-state index in [1.807, 2.05) is 0 Å². The molecule has 0 bridgehead atoms. The van der Waals surface area contributed by atoms with Crippen molar-refractivity contribution in [2.75, 3.05) is 7.11 Å². The van der Waals surface area contributed by atoms with Crippen molar-refractivity contribution in [3.63, 3.8) is 0 Å². The molecule has 6 heteroatoms. The zero-order valence-electron chi connectivity index (χ0n) is 11.4. The SMILES string of the molecule is COc1ccc(F)cc1C(Cc1c(F)cccc1Cl)NN. The smallest absolute Gasteiger partial charge is 0.127 e. The number of nitrogens with two attached hydrogens (primary N) is 1. The number of benzene rings is 2. The average molecular weight is 313 g/mol. The fraction of sp³-hybridized carbons (Fsp3) is 0.200. The Morgan fingerprint density at radius 1 is 1.29 bits per heavy atom. The summed E-state index contributed by atoms with van der Waals surface area (Å²) in [6.45, 7) is 0. The third-order valence-electron chi connectivity index (χ3n) is 3.24. The number of halogens is 3. The summed E-state index contributed by atoms with van der Waals surface area (Å²) in [5.74, 6) is 5.14. The molecule has 0 heterocycles. The highest BCUT2D eigenvalue weighted by atomic mass is 35.5. The van der Waals surface area contributed by atoms with E-state index in [0.717, 1.165) is 0 Å². The first kappa shape index (κ1) is 15.7. The van der Waals surface area contributed by atoms with Gasteiger partial charge in [0.15, 0.2) is 0 Å². The Labute approximate surface area is 126 Å². The number of hydrogen-bond donors (Lipinski definition) is 2. The van der Waals surface area contributed by atoms with Gasteiger partial charge in [0.2, 0.25) is 0 Å². The minimum Gasteiger partial charge on any atom is -0.496 e. The molecule has 21 heavy (non-hydrogen) atoms. The van der Waals surface area contributed by atoms with Gasteiger partial charge in [-0.3, -0.25) is 11.3 Å². The summed E-state index contributed by atoms with van der Waals surface area (Å²) in [5, 5.41) is 0.297. The first-order valence-corrected chi connectivity index (χ1v) is 6.67. The average Bonchev–Trinajstić information content (AvgIpc) is 2.47. The van der Waals surface area contributed by atoms with Crippen molar-refractivity contribution in [1.29, 1.82) is 0 Å². The lowest BCUT2D eigenvalue weighted by Crippen LogP contribution is -2.30. The van der Waals surface area contributed by atoms with E-state index in [1.165, 1.54) is 37.4 Å². The van der Waals surface area contributed by atoms with Gasteiger partial charge in [0, 0.05) is 16.1 Å². The molecule has 2 aromatic carbocycles. The monoisotopic (exact) mass is 312 g/mol. The zero-order valence-corrected chi connectivity index (χ0v) is 12.1. The molecule has 1 atom stereocenters. The molecule has 112 valence electrons. The third-order valence-corrected chi connectivity index (χ3v) is 3.59. The fourth-order valence-corrected chi connectivity index (χ4v) is 2.41. The van der Waals surface area contributed by atoms with Crippen LogP contribution in [0.1, 0.15) is 17.2 Å². The van der Waals surface area contributed by atoms with Gasteiger partial charge in [-0.15, -0.1) is 0 Å². The molecule has 0 saturated carbocycles. The molecule has 3 nitrogen and oxygen atoms in total. The molecule has 0 aliphatic rings. The Morgan fingerprint density at radius 2 is 2.05 bits per heavy atom. The number of nitrogens with one attached hydrogen (secondary N) is 1. The van der Waals surface area contributed by atoms with Crippen molar-refractivity contribution in [3.8, 4) is 5.75 Å². The van der Waals surface area contributed by atoms with Crippen LogP contribution in [0.3, 0.4) is 0 Å². The summed E-state index contributed by atoms with van der Waals surface area (Å²) < 4.78 is 32.5. The Hall–Kier alpha value is -1.69. The molecule has 3 N–H and O–H groups in total. The number of methoxy groups -OCH3 is 1. The molecular formula is C15H15ClF2N2O. The Kier molecular flexibility index (Phi) is 5.12. The van der Waals surface area contributed by atoms with Crippen LogP contribution in [-0.4, -0.2) is 7.11 Å². The highest BCUT2D eigenvalue weighted by molar-refractivity contribution is 6.31. The molecule has 2 aromatic rings. The molecule has 0 aromatic heterocycles. The summed E-state index contributed by atoms with van der Waals surface area (Å²) in [5.41, 5.74) is 3.36. The second-order valence-electron chi connectivity index (χ2n) is 4.51. The second kappa shape index (κ2) is 6.85. The molecule has 0 radical (unpaired) electrons. The Balaban J connectivity index is 2.39. The van der Waals surface area contributed by atoms with Gasteiger partial charge in [0.1, 0.15) is 17.4 Å². The van der Waals surface area contributed by atoms with Crippen LogP contribution in [0, 0.1) is 11.6 Å². The summed E-state index contributed by atoms with van der Waals surface area (Å²) >= 11 is 6.01. The largest absolute Gasteiger partial charge is 0.496 e. The van der Waals surface area contributed by atoms with E-state index >= 15 is 0 Å². The molecule has 2 rings (SSSR count). The molecular weight excluding hydrogens is 298 g/mol. The maximum Gasteiger partial charge on any atom is 0.127 e. The lowest BCUT2D eigenvalue weighted by Gasteiger charge is -2.20. The zero-order chi connectivity index (χ0) is 15.4. The van der Waals surface area contributed by atoms with Gasteiger partial charge in [0.05, 0.1) is 13.2 Å². The van der Waals surface area contributed by atoms with Gasteiger partial charge in [-0.05, 0) is 36.8 Å². The highest BCUT2D eigenvalue weighted by Crippen LogP contribution is 2.30. The molecule has 0 saturated heterocycles. The van der Waals surface area contributed by atoms with Crippen molar-refractivity contribution in [1.82, 2.24) is 5.43 Å². The van der Waals surface area contributed by atoms with Gasteiger partial charge >= 0.3 is 0 Å². The van der Waals surface area contributed by atoms with Crippen molar-refractivity contribution in [2.45, 2.75) is 12.5 Å².